The van der Waals surface area contributed by atoms with E-state index in [0.717, 1.165) is 18.4 Å². The highest BCUT2D eigenvalue weighted by Gasteiger charge is 2.14. The van der Waals surface area contributed by atoms with Gasteiger partial charge in [0.05, 0.1) is 10.0 Å². The Bertz CT molecular complexity index is 963. The van der Waals surface area contributed by atoms with Crippen LogP contribution in [0.4, 0.5) is 5.69 Å². The summed E-state index contributed by atoms with van der Waals surface area (Å²) in [6.45, 7) is 2.01. The molecular formula is C22H21Cl2N3O. The zero-order valence-electron chi connectivity index (χ0n) is 15.6. The first-order valence-corrected chi connectivity index (χ1v) is 9.98. The van der Waals surface area contributed by atoms with E-state index in [1.807, 2.05) is 13.0 Å². The molecule has 6 heteroatoms. The smallest absolute Gasteiger partial charge is 0.267 e. The molecular weight excluding hydrogens is 393 g/mol. The number of carbonyl (C=O) groups is 1. The number of nitrogens with zero attached hydrogens (tertiary/aromatic N) is 1. The van der Waals surface area contributed by atoms with Crippen molar-refractivity contribution >= 4 is 34.8 Å². The quantitative estimate of drug-likeness (QED) is 0.497. The number of nitriles is 1. The van der Waals surface area contributed by atoms with E-state index in [1.165, 1.54) is 30.2 Å². The molecule has 1 unspecified atom stereocenters. The third kappa shape index (κ3) is 4.86. The lowest BCUT2D eigenvalue weighted by Crippen LogP contribution is -2.19. The van der Waals surface area contributed by atoms with E-state index in [1.54, 1.807) is 18.2 Å². The number of anilines is 1. The minimum absolute atomic E-state index is 0.0177. The van der Waals surface area contributed by atoms with E-state index in [0.29, 0.717) is 15.7 Å². The highest BCUT2D eigenvalue weighted by Crippen LogP contribution is 2.26. The van der Waals surface area contributed by atoms with Crippen LogP contribution in [0.3, 0.4) is 0 Å². The lowest BCUT2D eigenvalue weighted by atomic mass is 9.89. The third-order valence-electron chi connectivity index (χ3n) is 4.89. The van der Waals surface area contributed by atoms with Crippen LogP contribution >= 0.6 is 23.2 Å². The van der Waals surface area contributed by atoms with Crippen LogP contribution in [0.1, 0.15) is 42.5 Å². The largest absolute Gasteiger partial charge is 0.383 e. The van der Waals surface area contributed by atoms with Crippen LogP contribution in [-0.2, 0) is 17.6 Å². The van der Waals surface area contributed by atoms with E-state index in [4.69, 9.17) is 23.2 Å². The number of rotatable bonds is 5. The average molecular weight is 414 g/mol. The molecule has 0 aromatic heterocycles. The molecule has 0 spiro atoms. The van der Waals surface area contributed by atoms with Crippen molar-refractivity contribution in [3.8, 4) is 6.07 Å². The van der Waals surface area contributed by atoms with Gasteiger partial charge in [0.15, 0.2) is 0 Å². The number of hydrogen-bond donors (Lipinski definition) is 2. The van der Waals surface area contributed by atoms with Crippen molar-refractivity contribution in [2.24, 2.45) is 0 Å². The molecule has 28 heavy (non-hydrogen) atoms. The standard InChI is InChI=1S/C22H21Cl2N3O/c1-14(16-7-6-15-4-2-3-5-17(15)10-16)26-13-18(12-25)22(28)27-19-8-9-20(23)21(24)11-19/h6-11,13-14,26H,2-5H2,1H3,(H,27,28)/b18-13-. The van der Waals surface area contributed by atoms with Crippen molar-refractivity contribution < 1.29 is 4.79 Å². The fraction of sp³-hybridized carbons (Fsp3) is 0.273. The average Bonchev–Trinajstić information content (AvgIpc) is 2.70. The van der Waals surface area contributed by atoms with Crippen LogP contribution in [0.2, 0.25) is 10.0 Å². The molecule has 0 heterocycles. The SMILES string of the molecule is CC(N/C=C(/C#N)C(=O)Nc1ccc(Cl)c(Cl)c1)c1ccc2c(c1)CCCC2. The van der Waals surface area contributed by atoms with E-state index in [9.17, 15) is 10.1 Å². The normalized spacial score (nSPS) is 14.6. The van der Waals surface area contributed by atoms with E-state index in [2.05, 4.69) is 28.8 Å². The Morgan fingerprint density at radius 2 is 1.86 bits per heavy atom. The van der Waals surface area contributed by atoms with Gasteiger partial charge >= 0.3 is 0 Å². The molecule has 1 aliphatic rings. The van der Waals surface area contributed by atoms with Crippen molar-refractivity contribution in [2.75, 3.05) is 5.32 Å². The second kappa shape index (κ2) is 9.14. The fourth-order valence-corrected chi connectivity index (χ4v) is 3.55. The number of carbonyl (C=O) groups excluding carboxylic acids is 1. The Hall–Kier alpha value is -2.48. The summed E-state index contributed by atoms with van der Waals surface area (Å²) in [5.74, 6) is -0.508. The predicted octanol–water partition coefficient (Wildman–Crippen LogP) is 5.57. The number of aryl methyl sites for hydroxylation is 2. The zero-order chi connectivity index (χ0) is 20.1. The van der Waals surface area contributed by atoms with Crippen molar-refractivity contribution in [1.82, 2.24) is 5.32 Å². The molecule has 1 amide bonds. The molecule has 2 aromatic rings. The molecule has 1 atom stereocenters. The van der Waals surface area contributed by atoms with Gasteiger partial charge in [-0.15, -0.1) is 0 Å². The summed E-state index contributed by atoms with van der Waals surface area (Å²) in [7, 11) is 0. The number of amides is 1. The van der Waals surface area contributed by atoms with Gasteiger partial charge in [-0.2, -0.15) is 5.26 Å². The first-order chi connectivity index (χ1) is 13.5. The molecule has 0 aliphatic heterocycles. The van der Waals surface area contributed by atoms with Crippen LogP contribution in [0, 0.1) is 11.3 Å². The van der Waals surface area contributed by atoms with Crippen LogP contribution in [0.5, 0.6) is 0 Å². The monoisotopic (exact) mass is 413 g/mol. The Morgan fingerprint density at radius 3 is 2.57 bits per heavy atom. The molecule has 0 bridgehead atoms. The third-order valence-corrected chi connectivity index (χ3v) is 5.63. The van der Waals surface area contributed by atoms with Crippen molar-refractivity contribution in [3.05, 3.63) is 74.9 Å². The molecule has 1 aliphatic carbocycles. The highest BCUT2D eigenvalue weighted by molar-refractivity contribution is 6.42. The van der Waals surface area contributed by atoms with Gasteiger partial charge in [0, 0.05) is 17.9 Å². The Kier molecular flexibility index (Phi) is 6.61. The number of hydrogen-bond acceptors (Lipinski definition) is 3. The summed E-state index contributed by atoms with van der Waals surface area (Å²) in [5.41, 5.74) is 4.42. The molecule has 2 aromatic carbocycles. The first-order valence-electron chi connectivity index (χ1n) is 9.22. The van der Waals surface area contributed by atoms with Crippen molar-refractivity contribution in [3.63, 3.8) is 0 Å². The summed E-state index contributed by atoms with van der Waals surface area (Å²) in [4.78, 5) is 12.4. The van der Waals surface area contributed by atoms with E-state index in [-0.39, 0.29) is 11.6 Å². The lowest BCUT2D eigenvalue weighted by molar-refractivity contribution is -0.112. The number of nitrogens with one attached hydrogen (secondary N) is 2. The topological polar surface area (TPSA) is 64.9 Å². The maximum absolute atomic E-state index is 12.4. The fourth-order valence-electron chi connectivity index (χ4n) is 3.25. The molecule has 0 radical (unpaired) electrons. The minimum atomic E-state index is -0.508. The predicted molar refractivity (Wildman–Crippen MR) is 113 cm³/mol. The Balaban J connectivity index is 1.67. The van der Waals surface area contributed by atoms with E-state index < -0.39 is 5.91 Å². The van der Waals surface area contributed by atoms with Crippen LogP contribution in [0.15, 0.2) is 48.2 Å². The molecule has 4 nitrogen and oxygen atoms in total. The molecule has 0 saturated carbocycles. The van der Waals surface area contributed by atoms with Gasteiger partial charge in [0.2, 0.25) is 0 Å². The molecule has 144 valence electrons. The number of fused-ring (bicyclic) bond motifs is 1. The van der Waals surface area contributed by atoms with Crippen LogP contribution in [0.25, 0.3) is 0 Å². The van der Waals surface area contributed by atoms with E-state index >= 15 is 0 Å². The zero-order valence-corrected chi connectivity index (χ0v) is 17.1. The van der Waals surface area contributed by atoms with Crippen LogP contribution < -0.4 is 10.6 Å². The minimum Gasteiger partial charge on any atom is -0.383 e. The summed E-state index contributed by atoms with van der Waals surface area (Å²) in [6.07, 6.45) is 6.19. The summed E-state index contributed by atoms with van der Waals surface area (Å²) in [5, 5.41) is 15.9. The van der Waals surface area contributed by atoms with Gasteiger partial charge in [-0.3, -0.25) is 4.79 Å². The second-order valence-electron chi connectivity index (χ2n) is 6.88. The van der Waals surface area contributed by atoms with Gasteiger partial charge in [-0.1, -0.05) is 41.4 Å². The maximum atomic E-state index is 12.4. The second-order valence-corrected chi connectivity index (χ2v) is 7.69. The lowest BCUT2D eigenvalue weighted by Gasteiger charge is -2.19. The summed E-state index contributed by atoms with van der Waals surface area (Å²) >= 11 is 11.8. The summed E-state index contributed by atoms with van der Waals surface area (Å²) < 4.78 is 0. The van der Waals surface area contributed by atoms with Crippen molar-refractivity contribution in [2.45, 2.75) is 38.6 Å². The first kappa shape index (κ1) is 20.3. The maximum Gasteiger partial charge on any atom is 0.267 e. The molecule has 3 rings (SSSR count). The van der Waals surface area contributed by atoms with Crippen molar-refractivity contribution in [1.29, 1.82) is 5.26 Å². The summed E-state index contributed by atoms with van der Waals surface area (Å²) in [6, 6.07) is 13.2. The van der Waals surface area contributed by atoms with Crippen LogP contribution in [-0.4, -0.2) is 5.91 Å². The van der Waals surface area contributed by atoms with Gasteiger partial charge in [0.1, 0.15) is 11.6 Å². The Morgan fingerprint density at radius 1 is 1.11 bits per heavy atom. The Labute approximate surface area is 175 Å². The van der Waals surface area contributed by atoms with Gasteiger partial charge in [-0.05, 0) is 67.5 Å². The van der Waals surface area contributed by atoms with Gasteiger partial charge < -0.3 is 10.6 Å². The molecule has 2 N–H and O–H groups in total. The van der Waals surface area contributed by atoms with Gasteiger partial charge in [-0.25, -0.2) is 0 Å². The van der Waals surface area contributed by atoms with Gasteiger partial charge in [0.25, 0.3) is 5.91 Å². The number of halogens is 2. The number of benzene rings is 2. The highest BCUT2D eigenvalue weighted by atomic mass is 35.5. The molecule has 0 fully saturated rings. The molecule has 0 saturated heterocycles.